The van der Waals surface area contributed by atoms with E-state index in [1.54, 1.807) is 19.1 Å². The summed E-state index contributed by atoms with van der Waals surface area (Å²) in [5.74, 6) is -0.575. The van der Waals surface area contributed by atoms with Crippen molar-refractivity contribution in [1.82, 2.24) is 9.36 Å². The number of anilines is 1. The van der Waals surface area contributed by atoms with Crippen molar-refractivity contribution in [3.05, 3.63) is 41.5 Å². The molecule has 5 nitrogen and oxygen atoms in total. The predicted octanol–water partition coefficient (Wildman–Crippen LogP) is 2.35. The summed E-state index contributed by atoms with van der Waals surface area (Å²) in [6.45, 7) is 2.10. The van der Waals surface area contributed by atoms with Gasteiger partial charge in [0.15, 0.2) is 0 Å². The Morgan fingerprint density at radius 2 is 2.15 bits per heavy atom. The van der Waals surface area contributed by atoms with Gasteiger partial charge in [-0.1, -0.05) is 12.1 Å². The van der Waals surface area contributed by atoms with Gasteiger partial charge in [-0.05, 0) is 24.6 Å². The second-order valence-electron chi connectivity index (χ2n) is 4.15. The van der Waals surface area contributed by atoms with Crippen molar-refractivity contribution in [2.75, 3.05) is 19.0 Å². The molecule has 1 N–H and O–H groups in total. The number of nitrogens with zero attached hydrogens (tertiary/aromatic N) is 2. The maximum atomic E-state index is 12.9. The van der Waals surface area contributed by atoms with E-state index in [-0.39, 0.29) is 11.8 Å². The monoisotopic (exact) mass is 295 g/mol. The third-order valence-electron chi connectivity index (χ3n) is 2.74. The predicted molar refractivity (Wildman–Crippen MR) is 74.3 cm³/mol. The van der Waals surface area contributed by atoms with E-state index in [0.29, 0.717) is 23.1 Å². The Morgan fingerprint density at radius 3 is 2.70 bits per heavy atom. The molecule has 2 aromatic rings. The first-order chi connectivity index (χ1) is 9.60. The van der Waals surface area contributed by atoms with Crippen LogP contribution in [0.2, 0.25) is 0 Å². The number of aromatic nitrogens is 2. The van der Waals surface area contributed by atoms with E-state index in [4.69, 9.17) is 4.74 Å². The van der Waals surface area contributed by atoms with Crippen LogP contribution in [-0.2, 0) is 9.53 Å². The van der Waals surface area contributed by atoms with Gasteiger partial charge >= 0.3 is 5.97 Å². The minimum absolute atomic E-state index is 0.312. The molecule has 1 unspecified atom stereocenters. The van der Waals surface area contributed by atoms with Crippen molar-refractivity contribution in [3.8, 4) is 0 Å². The molecule has 0 bridgehead atoms. The molecule has 0 fully saturated rings. The van der Waals surface area contributed by atoms with Crippen LogP contribution in [0.5, 0.6) is 0 Å². The summed E-state index contributed by atoms with van der Waals surface area (Å²) >= 11 is 1.22. The molecule has 1 aromatic carbocycles. The summed E-state index contributed by atoms with van der Waals surface area (Å²) in [6, 6.07) is 5.79. The van der Waals surface area contributed by atoms with Crippen LogP contribution in [0.4, 0.5) is 9.52 Å². The van der Waals surface area contributed by atoms with Crippen LogP contribution in [0, 0.1) is 12.7 Å². The van der Waals surface area contributed by atoms with Crippen LogP contribution < -0.4 is 5.32 Å². The lowest BCUT2D eigenvalue weighted by molar-refractivity contribution is -0.142. The maximum Gasteiger partial charge on any atom is 0.314 e. The number of rotatable bonds is 5. The van der Waals surface area contributed by atoms with E-state index in [9.17, 15) is 9.18 Å². The zero-order chi connectivity index (χ0) is 14.5. The standard InChI is InChI=1S/C13H14FN3O2S/c1-8-16-13(20-17-8)15-7-11(12(18)19-2)9-3-5-10(14)6-4-9/h3-6,11H,7H2,1-2H3,(H,15,16,17). The molecule has 1 atom stereocenters. The minimum Gasteiger partial charge on any atom is -0.468 e. The number of nitrogens with one attached hydrogen (secondary N) is 1. The third kappa shape index (κ3) is 3.51. The highest BCUT2D eigenvalue weighted by Crippen LogP contribution is 2.20. The van der Waals surface area contributed by atoms with Gasteiger partial charge in [0.05, 0.1) is 13.0 Å². The first-order valence-corrected chi connectivity index (χ1v) is 6.75. The van der Waals surface area contributed by atoms with Crippen molar-refractivity contribution < 1.29 is 13.9 Å². The number of hydrogen-bond donors (Lipinski definition) is 1. The number of halogens is 1. The van der Waals surface area contributed by atoms with Crippen molar-refractivity contribution in [1.29, 1.82) is 0 Å². The molecule has 0 aliphatic heterocycles. The molecule has 0 radical (unpaired) electrons. The van der Waals surface area contributed by atoms with Gasteiger partial charge in [-0.25, -0.2) is 9.37 Å². The first-order valence-electron chi connectivity index (χ1n) is 5.97. The largest absolute Gasteiger partial charge is 0.468 e. The smallest absolute Gasteiger partial charge is 0.314 e. The summed E-state index contributed by atoms with van der Waals surface area (Å²) in [5, 5.41) is 3.68. The van der Waals surface area contributed by atoms with Crippen LogP contribution in [0.25, 0.3) is 0 Å². The second kappa shape index (κ2) is 6.42. The summed E-state index contributed by atoms with van der Waals surface area (Å²) in [5.41, 5.74) is 0.687. The van der Waals surface area contributed by atoms with Crippen LogP contribution in [0.1, 0.15) is 17.3 Å². The highest BCUT2D eigenvalue weighted by molar-refractivity contribution is 7.09. The Labute approximate surface area is 120 Å². The number of esters is 1. The maximum absolute atomic E-state index is 12.9. The lowest BCUT2D eigenvalue weighted by Crippen LogP contribution is -2.22. The summed E-state index contributed by atoms with van der Waals surface area (Å²) < 4.78 is 21.8. The average molecular weight is 295 g/mol. The fourth-order valence-corrected chi connectivity index (χ4v) is 2.31. The molecule has 20 heavy (non-hydrogen) atoms. The highest BCUT2D eigenvalue weighted by Gasteiger charge is 2.21. The molecule has 0 amide bonds. The van der Waals surface area contributed by atoms with Crippen molar-refractivity contribution in [2.45, 2.75) is 12.8 Å². The molecule has 2 rings (SSSR count). The highest BCUT2D eigenvalue weighted by atomic mass is 32.1. The van der Waals surface area contributed by atoms with Crippen LogP contribution >= 0.6 is 11.5 Å². The van der Waals surface area contributed by atoms with E-state index in [1.165, 1.54) is 30.8 Å². The molecule has 0 aliphatic carbocycles. The number of ether oxygens (including phenoxy) is 1. The third-order valence-corrected chi connectivity index (χ3v) is 3.51. The summed E-state index contributed by atoms with van der Waals surface area (Å²) in [7, 11) is 1.33. The zero-order valence-corrected chi connectivity index (χ0v) is 11.9. The molecule has 1 aromatic heterocycles. The van der Waals surface area contributed by atoms with Gasteiger partial charge < -0.3 is 10.1 Å². The van der Waals surface area contributed by atoms with Crippen molar-refractivity contribution in [2.24, 2.45) is 0 Å². The van der Waals surface area contributed by atoms with Crippen molar-refractivity contribution in [3.63, 3.8) is 0 Å². The quantitative estimate of drug-likeness (QED) is 0.858. The number of benzene rings is 1. The normalized spacial score (nSPS) is 11.9. The molecule has 106 valence electrons. The molecule has 0 spiro atoms. The van der Waals surface area contributed by atoms with Gasteiger partial charge in [0, 0.05) is 18.1 Å². The fourth-order valence-electron chi connectivity index (χ4n) is 1.73. The summed E-state index contributed by atoms with van der Waals surface area (Å²) in [4.78, 5) is 16.0. The Morgan fingerprint density at radius 1 is 1.45 bits per heavy atom. The number of aryl methyl sites for hydroxylation is 1. The molecule has 1 heterocycles. The molecule has 0 saturated heterocycles. The average Bonchev–Trinajstić information content (AvgIpc) is 2.86. The topological polar surface area (TPSA) is 64.1 Å². The van der Waals surface area contributed by atoms with Gasteiger partial charge in [-0.2, -0.15) is 4.37 Å². The van der Waals surface area contributed by atoms with Crippen LogP contribution in [0.15, 0.2) is 24.3 Å². The SMILES string of the molecule is COC(=O)C(CNc1nc(C)ns1)c1ccc(F)cc1. The van der Waals surface area contributed by atoms with E-state index in [1.807, 2.05) is 0 Å². The van der Waals surface area contributed by atoms with E-state index >= 15 is 0 Å². The van der Waals surface area contributed by atoms with E-state index in [0.717, 1.165) is 0 Å². The molecule has 0 saturated carbocycles. The number of carbonyl (C=O) groups excluding carboxylic acids is 1. The van der Waals surface area contributed by atoms with E-state index < -0.39 is 5.92 Å². The molecule has 0 aliphatic rings. The molecule has 7 heteroatoms. The first kappa shape index (κ1) is 14.4. The number of carbonyl (C=O) groups is 1. The Kier molecular flexibility index (Phi) is 4.62. The van der Waals surface area contributed by atoms with Gasteiger partial charge in [0.1, 0.15) is 11.6 Å². The van der Waals surface area contributed by atoms with E-state index in [2.05, 4.69) is 14.7 Å². The second-order valence-corrected chi connectivity index (χ2v) is 4.91. The number of methoxy groups -OCH3 is 1. The van der Waals surface area contributed by atoms with Gasteiger partial charge in [-0.15, -0.1) is 0 Å². The Hall–Kier alpha value is -2.02. The number of hydrogen-bond acceptors (Lipinski definition) is 6. The van der Waals surface area contributed by atoms with Crippen LogP contribution in [-0.4, -0.2) is 29.0 Å². The Balaban J connectivity index is 2.11. The summed E-state index contributed by atoms with van der Waals surface area (Å²) in [6.07, 6.45) is 0. The zero-order valence-electron chi connectivity index (χ0n) is 11.1. The lowest BCUT2D eigenvalue weighted by atomic mass is 9.99. The minimum atomic E-state index is -0.523. The fraction of sp³-hybridized carbons (Fsp3) is 0.308. The molecular weight excluding hydrogens is 281 g/mol. The van der Waals surface area contributed by atoms with Crippen molar-refractivity contribution >= 4 is 22.6 Å². The molecular formula is C13H14FN3O2S. The Bertz CT molecular complexity index is 586. The van der Waals surface area contributed by atoms with Gasteiger partial charge in [0.2, 0.25) is 5.13 Å². The van der Waals surface area contributed by atoms with Crippen LogP contribution in [0.3, 0.4) is 0 Å². The van der Waals surface area contributed by atoms with Gasteiger partial charge in [0.25, 0.3) is 0 Å². The lowest BCUT2D eigenvalue weighted by Gasteiger charge is -2.15. The van der Waals surface area contributed by atoms with Gasteiger partial charge in [-0.3, -0.25) is 4.79 Å².